The number of amides is 1. The van der Waals surface area contributed by atoms with Gasteiger partial charge in [0.2, 0.25) is 5.91 Å². The molecule has 0 spiro atoms. The zero-order valence-electron chi connectivity index (χ0n) is 14.4. The van der Waals surface area contributed by atoms with Crippen molar-refractivity contribution in [3.63, 3.8) is 0 Å². The van der Waals surface area contributed by atoms with E-state index in [0.717, 1.165) is 36.8 Å². The van der Waals surface area contributed by atoms with Crippen LogP contribution >= 0.6 is 0 Å². The summed E-state index contributed by atoms with van der Waals surface area (Å²) in [7, 11) is -0.451. The van der Waals surface area contributed by atoms with Crippen LogP contribution in [0.15, 0.2) is 18.3 Å². The first-order chi connectivity index (χ1) is 10.7. The van der Waals surface area contributed by atoms with Crippen molar-refractivity contribution in [1.29, 1.82) is 0 Å². The molecule has 1 saturated heterocycles. The zero-order chi connectivity index (χ0) is 16.9. The van der Waals surface area contributed by atoms with E-state index in [1.54, 1.807) is 6.20 Å². The lowest BCUT2D eigenvalue weighted by Crippen LogP contribution is -2.41. The number of nitrogens with zero attached hydrogens (tertiary/aromatic N) is 1. The van der Waals surface area contributed by atoms with Crippen LogP contribution in [0, 0.1) is 0 Å². The van der Waals surface area contributed by atoms with Crippen LogP contribution in [0.2, 0.25) is 0 Å². The first-order valence-corrected chi connectivity index (χ1v) is 8.30. The Balaban J connectivity index is 1.94. The normalized spacial score (nSPS) is 24.8. The number of hydrogen-bond acceptors (Lipinski definition) is 4. The van der Waals surface area contributed by atoms with Gasteiger partial charge in [0.1, 0.15) is 0 Å². The van der Waals surface area contributed by atoms with Crippen molar-refractivity contribution >= 4 is 18.5 Å². The molecule has 1 amide bonds. The standard InChI is InChI=1S/C17H25BN2O3/c1-15(2)16(3,4)23-18(22-15)12-7-10-20-13(11-12)17(14(19)21)8-5-6-9-17/h7,10-11H,5-6,8-9H2,1-4H3,(H2,19,21). The summed E-state index contributed by atoms with van der Waals surface area (Å²) in [6.07, 6.45) is 5.26. The number of hydrogen-bond donors (Lipinski definition) is 1. The van der Waals surface area contributed by atoms with Crippen LogP contribution in [-0.2, 0) is 19.5 Å². The molecule has 0 radical (unpaired) electrons. The molecule has 2 N–H and O–H groups in total. The first-order valence-electron chi connectivity index (χ1n) is 8.30. The fraction of sp³-hybridized carbons (Fsp3) is 0.647. The number of carbonyl (C=O) groups excluding carboxylic acids is 1. The molecule has 6 heteroatoms. The van der Waals surface area contributed by atoms with Gasteiger partial charge in [0.15, 0.2) is 0 Å². The van der Waals surface area contributed by atoms with Gasteiger partial charge in [0.25, 0.3) is 0 Å². The van der Waals surface area contributed by atoms with Gasteiger partial charge >= 0.3 is 7.12 Å². The Morgan fingerprint density at radius 3 is 2.26 bits per heavy atom. The predicted molar refractivity (Wildman–Crippen MR) is 89.3 cm³/mol. The minimum Gasteiger partial charge on any atom is -0.399 e. The van der Waals surface area contributed by atoms with E-state index in [-0.39, 0.29) is 5.91 Å². The number of rotatable bonds is 3. The Labute approximate surface area is 138 Å². The molecular formula is C17H25BN2O3. The number of pyridine rings is 1. The van der Waals surface area contributed by atoms with Crippen molar-refractivity contribution in [3.05, 3.63) is 24.0 Å². The minimum atomic E-state index is -0.639. The van der Waals surface area contributed by atoms with Gasteiger partial charge < -0.3 is 15.0 Å². The molecule has 0 unspecified atom stereocenters. The number of nitrogens with two attached hydrogens (primary N) is 1. The van der Waals surface area contributed by atoms with E-state index in [2.05, 4.69) is 4.98 Å². The number of carbonyl (C=O) groups is 1. The van der Waals surface area contributed by atoms with E-state index in [9.17, 15) is 4.79 Å². The molecule has 1 aromatic heterocycles. The number of aromatic nitrogens is 1. The van der Waals surface area contributed by atoms with E-state index in [0.29, 0.717) is 0 Å². The maximum Gasteiger partial charge on any atom is 0.494 e. The van der Waals surface area contributed by atoms with Gasteiger partial charge in [-0.2, -0.15) is 0 Å². The molecule has 2 heterocycles. The Morgan fingerprint density at radius 1 is 1.17 bits per heavy atom. The van der Waals surface area contributed by atoms with Crippen LogP contribution < -0.4 is 11.2 Å². The quantitative estimate of drug-likeness (QED) is 0.861. The molecule has 1 aromatic rings. The molecule has 124 valence electrons. The van der Waals surface area contributed by atoms with Gasteiger partial charge in [0.05, 0.1) is 22.3 Å². The highest BCUT2D eigenvalue weighted by Crippen LogP contribution is 2.40. The third-order valence-electron chi connectivity index (χ3n) is 5.73. The molecule has 23 heavy (non-hydrogen) atoms. The molecule has 2 fully saturated rings. The van der Waals surface area contributed by atoms with Crippen molar-refractivity contribution < 1.29 is 14.1 Å². The maximum absolute atomic E-state index is 12.1. The van der Waals surface area contributed by atoms with Crippen molar-refractivity contribution in [3.8, 4) is 0 Å². The van der Waals surface area contributed by atoms with Crippen molar-refractivity contribution in [2.24, 2.45) is 5.73 Å². The summed E-state index contributed by atoms with van der Waals surface area (Å²) in [5, 5.41) is 0. The van der Waals surface area contributed by atoms with Gasteiger partial charge in [-0.1, -0.05) is 12.8 Å². The van der Waals surface area contributed by atoms with Gasteiger partial charge in [-0.3, -0.25) is 9.78 Å². The topological polar surface area (TPSA) is 74.4 Å². The monoisotopic (exact) mass is 316 g/mol. The van der Waals surface area contributed by atoms with Crippen molar-refractivity contribution in [2.45, 2.75) is 70.0 Å². The molecule has 0 atom stereocenters. The second-order valence-corrected chi connectivity index (χ2v) is 7.72. The Hall–Kier alpha value is -1.40. The van der Waals surface area contributed by atoms with E-state index in [4.69, 9.17) is 15.0 Å². The maximum atomic E-state index is 12.1. The lowest BCUT2D eigenvalue weighted by Gasteiger charge is -2.32. The van der Waals surface area contributed by atoms with Gasteiger partial charge in [-0.05, 0) is 58.1 Å². The highest BCUT2D eigenvalue weighted by atomic mass is 16.7. The van der Waals surface area contributed by atoms with Crippen LogP contribution in [0.5, 0.6) is 0 Å². The lowest BCUT2D eigenvalue weighted by atomic mass is 9.75. The largest absolute Gasteiger partial charge is 0.494 e. The van der Waals surface area contributed by atoms with Crippen LogP contribution in [0.1, 0.15) is 59.1 Å². The first kappa shape index (κ1) is 16.5. The summed E-state index contributed by atoms with van der Waals surface area (Å²) < 4.78 is 12.2. The second-order valence-electron chi connectivity index (χ2n) is 7.72. The summed E-state index contributed by atoms with van der Waals surface area (Å²) in [6.45, 7) is 8.10. The number of primary amides is 1. The van der Waals surface area contributed by atoms with Crippen LogP contribution in [0.3, 0.4) is 0 Å². The van der Waals surface area contributed by atoms with Crippen LogP contribution in [0.25, 0.3) is 0 Å². The summed E-state index contributed by atoms with van der Waals surface area (Å²) in [4.78, 5) is 16.5. The Bertz CT molecular complexity index is 608. The molecule has 5 nitrogen and oxygen atoms in total. The molecule has 1 aliphatic heterocycles. The summed E-state index contributed by atoms with van der Waals surface area (Å²) >= 11 is 0. The average Bonchev–Trinajstić information content (AvgIpc) is 3.04. The predicted octanol–water partition coefficient (Wildman–Crippen LogP) is 1.68. The van der Waals surface area contributed by atoms with E-state index >= 15 is 0 Å². The van der Waals surface area contributed by atoms with E-state index in [1.807, 2.05) is 39.8 Å². The highest BCUT2D eigenvalue weighted by Gasteiger charge is 2.52. The molecule has 2 aliphatic rings. The fourth-order valence-corrected chi connectivity index (χ4v) is 3.44. The van der Waals surface area contributed by atoms with Crippen molar-refractivity contribution in [1.82, 2.24) is 4.98 Å². The second kappa shape index (κ2) is 5.31. The molecule has 0 bridgehead atoms. The molecule has 3 rings (SSSR count). The third-order valence-corrected chi connectivity index (χ3v) is 5.73. The van der Waals surface area contributed by atoms with Gasteiger partial charge in [0, 0.05) is 6.20 Å². The van der Waals surface area contributed by atoms with Gasteiger partial charge in [-0.25, -0.2) is 0 Å². The lowest BCUT2D eigenvalue weighted by molar-refractivity contribution is -0.123. The Morgan fingerprint density at radius 2 is 1.74 bits per heavy atom. The van der Waals surface area contributed by atoms with E-state index < -0.39 is 23.7 Å². The zero-order valence-corrected chi connectivity index (χ0v) is 14.4. The summed E-state index contributed by atoms with van der Waals surface area (Å²) in [5.74, 6) is -0.284. The minimum absolute atomic E-state index is 0.284. The summed E-state index contributed by atoms with van der Waals surface area (Å²) in [5.41, 5.74) is 5.92. The Kier molecular flexibility index (Phi) is 3.80. The van der Waals surface area contributed by atoms with Crippen LogP contribution in [-0.4, -0.2) is 29.2 Å². The fourth-order valence-electron chi connectivity index (χ4n) is 3.44. The third kappa shape index (κ3) is 2.58. The molecule has 1 saturated carbocycles. The smallest absolute Gasteiger partial charge is 0.399 e. The molecule has 0 aromatic carbocycles. The summed E-state index contributed by atoms with van der Waals surface area (Å²) in [6, 6.07) is 3.81. The SMILES string of the molecule is CC1(C)OB(c2ccnc(C3(C(N)=O)CCCC3)c2)OC1(C)C. The average molecular weight is 316 g/mol. The van der Waals surface area contributed by atoms with E-state index in [1.165, 1.54) is 0 Å². The van der Waals surface area contributed by atoms with Crippen molar-refractivity contribution in [2.75, 3.05) is 0 Å². The van der Waals surface area contributed by atoms with Gasteiger partial charge in [-0.15, -0.1) is 0 Å². The molecular weight excluding hydrogens is 291 g/mol. The molecule has 1 aliphatic carbocycles. The highest BCUT2D eigenvalue weighted by molar-refractivity contribution is 6.62. The van der Waals surface area contributed by atoms with Crippen LogP contribution in [0.4, 0.5) is 0 Å².